The van der Waals surface area contributed by atoms with Crippen LogP contribution >= 0.6 is 11.3 Å². The van der Waals surface area contributed by atoms with Crippen LogP contribution in [0.1, 0.15) is 48.6 Å². The zero-order chi connectivity index (χ0) is 21.8. The van der Waals surface area contributed by atoms with Crippen LogP contribution in [0.5, 0.6) is 5.75 Å². The zero-order valence-electron chi connectivity index (χ0n) is 17.8. The van der Waals surface area contributed by atoms with Crippen LogP contribution in [0.3, 0.4) is 0 Å². The summed E-state index contributed by atoms with van der Waals surface area (Å²) in [5, 5.41) is 5.01. The van der Waals surface area contributed by atoms with Crippen molar-refractivity contribution in [1.29, 1.82) is 0 Å². The van der Waals surface area contributed by atoms with Gasteiger partial charge in [-0.05, 0) is 68.3 Å². The predicted molar refractivity (Wildman–Crippen MR) is 120 cm³/mol. The largest absolute Gasteiger partial charge is 0.493 e. The van der Waals surface area contributed by atoms with Crippen molar-refractivity contribution in [2.75, 3.05) is 19.7 Å². The first-order valence-corrected chi connectivity index (χ1v) is 12.7. The number of aryl methyl sites for hydroxylation is 2. The van der Waals surface area contributed by atoms with Gasteiger partial charge in [-0.2, -0.15) is 0 Å². The van der Waals surface area contributed by atoms with Crippen molar-refractivity contribution in [2.24, 2.45) is 0 Å². The molecular weight excluding hydrogens is 420 g/mol. The molecule has 0 radical (unpaired) electrons. The van der Waals surface area contributed by atoms with Crippen molar-refractivity contribution in [3.05, 3.63) is 45.6 Å². The number of carbonyl (C=O) groups is 1. The molecule has 0 spiro atoms. The van der Waals surface area contributed by atoms with Gasteiger partial charge in [-0.1, -0.05) is 18.9 Å². The van der Waals surface area contributed by atoms with E-state index in [-0.39, 0.29) is 22.8 Å². The maximum absolute atomic E-state index is 12.7. The highest BCUT2D eigenvalue weighted by atomic mass is 32.2. The quantitative estimate of drug-likeness (QED) is 0.610. The van der Waals surface area contributed by atoms with Gasteiger partial charge in [0.2, 0.25) is 15.9 Å². The van der Waals surface area contributed by atoms with Crippen LogP contribution < -0.4 is 14.8 Å². The van der Waals surface area contributed by atoms with Crippen LogP contribution in [-0.2, 0) is 20.2 Å². The summed E-state index contributed by atoms with van der Waals surface area (Å²) in [4.78, 5) is 13.8. The molecule has 1 amide bonds. The Morgan fingerprint density at radius 2 is 1.87 bits per heavy atom. The molecule has 0 bridgehead atoms. The topological polar surface area (TPSA) is 84.5 Å². The molecule has 30 heavy (non-hydrogen) atoms. The third-order valence-electron chi connectivity index (χ3n) is 5.68. The molecule has 1 saturated carbocycles. The highest BCUT2D eigenvalue weighted by Crippen LogP contribution is 2.42. The van der Waals surface area contributed by atoms with E-state index in [9.17, 15) is 13.2 Å². The van der Waals surface area contributed by atoms with E-state index in [1.807, 2.05) is 26.8 Å². The van der Waals surface area contributed by atoms with Crippen molar-refractivity contribution >= 4 is 27.3 Å². The Morgan fingerprint density at radius 1 is 1.20 bits per heavy atom. The summed E-state index contributed by atoms with van der Waals surface area (Å²) >= 11 is 1.72. The van der Waals surface area contributed by atoms with Crippen molar-refractivity contribution in [1.82, 2.24) is 10.0 Å². The van der Waals surface area contributed by atoms with Gasteiger partial charge in [0.1, 0.15) is 5.75 Å². The fraction of sp³-hybridized carbons (Fsp3) is 0.500. The standard InChI is InChI=1S/C22H30N2O4S2/c1-4-28-21-16(2)12-18(13-17(21)3)30(26,27)24-14-20(25)23-15-22(9-5-6-10-22)19-8-7-11-29-19/h7-8,11-13,24H,4-6,9-10,14-15H2,1-3H3,(H,23,25). The molecule has 8 heteroatoms. The van der Waals surface area contributed by atoms with E-state index in [4.69, 9.17) is 4.74 Å². The Kier molecular flexibility index (Phi) is 7.21. The van der Waals surface area contributed by atoms with Crippen LogP contribution in [0.25, 0.3) is 0 Å². The highest BCUT2D eigenvalue weighted by Gasteiger charge is 2.36. The first-order chi connectivity index (χ1) is 14.3. The molecule has 0 aliphatic heterocycles. The first kappa shape index (κ1) is 22.8. The lowest BCUT2D eigenvalue weighted by Gasteiger charge is -2.28. The normalized spacial score (nSPS) is 15.8. The second-order valence-electron chi connectivity index (χ2n) is 7.89. The Labute approximate surface area is 183 Å². The molecule has 0 saturated heterocycles. The molecule has 1 heterocycles. The summed E-state index contributed by atoms with van der Waals surface area (Å²) in [6.45, 7) is 6.28. The average Bonchev–Trinajstić information content (AvgIpc) is 3.40. The van der Waals surface area contributed by atoms with E-state index in [0.29, 0.717) is 18.9 Å². The van der Waals surface area contributed by atoms with Crippen LogP contribution in [0.15, 0.2) is 34.5 Å². The van der Waals surface area contributed by atoms with Crippen LogP contribution in [-0.4, -0.2) is 34.0 Å². The van der Waals surface area contributed by atoms with Crippen LogP contribution in [0.4, 0.5) is 0 Å². The fourth-order valence-corrected chi connectivity index (χ4v) is 6.29. The lowest BCUT2D eigenvalue weighted by atomic mass is 9.84. The zero-order valence-corrected chi connectivity index (χ0v) is 19.4. The molecule has 3 rings (SSSR count). The maximum atomic E-state index is 12.7. The van der Waals surface area contributed by atoms with E-state index in [1.165, 1.54) is 4.88 Å². The van der Waals surface area contributed by atoms with Gasteiger partial charge >= 0.3 is 0 Å². The van der Waals surface area contributed by atoms with Gasteiger partial charge < -0.3 is 10.1 Å². The minimum absolute atomic E-state index is 0.0218. The van der Waals surface area contributed by atoms with Gasteiger partial charge in [-0.15, -0.1) is 11.3 Å². The summed E-state index contributed by atoms with van der Waals surface area (Å²) in [6.07, 6.45) is 4.39. The second kappa shape index (κ2) is 9.49. The number of carbonyl (C=O) groups excluding carboxylic acids is 1. The number of ether oxygens (including phenoxy) is 1. The highest BCUT2D eigenvalue weighted by molar-refractivity contribution is 7.89. The molecule has 1 aliphatic carbocycles. The van der Waals surface area contributed by atoms with Crippen molar-refractivity contribution in [3.63, 3.8) is 0 Å². The van der Waals surface area contributed by atoms with Crippen LogP contribution in [0, 0.1) is 13.8 Å². The number of thiophene rings is 1. The van der Waals surface area contributed by atoms with Gasteiger partial charge in [0.05, 0.1) is 18.0 Å². The predicted octanol–water partition coefficient (Wildman–Crippen LogP) is 3.67. The van der Waals surface area contributed by atoms with E-state index in [2.05, 4.69) is 21.5 Å². The monoisotopic (exact) mass is 450 g/mol. The summed E-state index contributed by atoms with van der Waals surface area (Å²) in [5.74, 6) is 0.380. The maximum Gasteiger partial charge on any atom is 0.241 e. The minimum Gasteiger partial charge on any atom is -0.493 e. The van der Waals surface area contributed by atoms with E-state index >= 15 is 0 Å². The smallest absolute Gasteiger partial charge is 0.241 e. The Morgan fingerprint density at radius 3 is 2.43 bits per heavy atom. The first-order valence-electron chi connectivity index (χ1n) is 10.3. The Bertz CT molecular complexity index is 956. The molecule has 0 atom stereocenters. The third-order valence-corrected chi connectivity index (χ3v) is 8.18. The second-order valence-corrected chi connectivity index (χ2v) is 10.6. The molecule has 1 aromatic carbocycles. The van der Waals surface area contributed by atoms with Gasteiger partial charge in [0.25, 0.3) is 0 Å². The Balaban J connectivity index is 1.61. The summed E-state index contributed by atoms with van der Waals surface area (Å²) in [6, 6.07) is 7.31. The molecule has 2 aromatic rings. The lowest BCUT2D eigenvalue weighted by Crippen LogP contribution is -2.43. The van der Waals surface area contributed by atoms with Crippen LogP contribution in [0.2, 0.25) is 0 Å². The lowest BCUT2D eigenvalue weighted by molar-refractivity contribution is -0.120. The number of hydrogen-bond acceptors (Lipinski definition) is 5. The van der Waals surface area contributed by atoms with Crippen molar-refractivity contribution in [2.45, 2.75) is 56.8 Å². The number of hydrogen-bond donors (Lipinski definition) is 2. The number of nitrogens with one attached hydrogen (secondary N) is 2. The Hall–Kier alpha value is -1.90. The van der Waals surface area contributed by atoms with Crippen molar-refractivity contribution in [3.8, 4) is 5.75 Å². The summed E-state index contributed by atoms with van der Waals surface area (Å²) in [7, 11) is -3.79. The molecule has 1 aromatic heterocycles. The van der Waals surface area contributed by atoms with Gasteiger partial charge in [-0.25, -0.2) is 13.1 Å². The van der Waals surface area contributed by atoms with Gasteiger partial charge in [-0.3, -0.25) is 4.79 Å². The molecule has 6 nitrogen and oxygen atoms in total. The average molecular weight is 451 g/mol. The molecule has 2 N–H and O–H groups in total. The number of sulfonamides is 1. The third kappa shape index (κ3) is 5.04. The summed E-state index contributed by atoms with van der Waals surface area (Å²) in [5.41, 5.74) is 1.48. The molecular formula is C22H30N2O4S2. The van der Waals surface area contributed by atoms with Gasteiger partial charge in [0, 0.05) is 16.8 Å². The molecule has 0 unspecified atom stereocenters. The van der Waals surface area contributed by atoms with E-state index < -0.39 is 10.0 Å². The molecule has 164 valence electrons. The van der Waals surface area contributed by atoms with Crippen molar-refractivity contribution < 1.29 is 17.9 Å². The SMILES string of the molecule is CCOc1c(C)cc(S(=O)(=O)NCC(=O)NCC2(c3cccs3)CCCC2)cc1C. The van der Waals surface area contributed by atoms with E-state index in [0.717, 1.165) is 36.8 Å². The number of benzene rings is 1. The molecule has 1 fully saturated rings. The summed E-state index contributed by atoms with van der Waals surface area (Å²) < 4.78 is 33.4. The van der Waals surface area contributed by atoms with Gasteiger partial charge in [0.15, 0.2) is 0 Å². The minimum atomic E-state index is -3.79. The number of rotatable bonds is 9. The van der Waals surface area contributed by atoms with E-state index in [1.54, 1.807) is 23.5 Å². The fourth-order valence-electron chi connectivity index (χ4n) is 4.15. The molecule has 1 aliphatic rings. The number of amides is 1.